The molecule has 5 rings (SSSR count). The van der Waals surface area contributed by atoms with E-state index in [0.717, 1.165) is 61.4 Å². The van der Waals surface area contributed by atoms with E-state index < -0.39 is 0 Å². The molecule has 5 nitrogen and oxygen atoms in total. The van der Waals surface area contributed by atoms with Gasteiger partial charge in [0, 0.05) is 41.1 Å². The highest BCUT2D eigenvalue weighted by molar-refractivity contribution is 5.83. The molecular formula is C25H28N4O. The summed E-state index contributed by atoms with van der Waals surface area (Å²) in [4.78, 5) is 23.6. The summed E-state index contributed by atoms with van der Waals surface area (Å²) in [6, 6.07) is 12.5. The first kappa shape index (κ1) is 19.1. The fourth-order valence-electron chi connectivity index (χ4n) is 4.84. The third kappa shape index (κ3) is 3.43. The number of rotatable bonds is 4. The fourth-order valence-corrected chi connectivity index (χ4v) is 4.84. The van der Waals surface area contributed by atoms with Crippen LogP contribution in [0.3, 0.4) is 0 Å². The van der Waals surface area contributed by atoms with E-state index in [9.17, 15) is 4.79 Å². The van der Waals surface area contributed by atoms with Gasteiger partial charge in [-0.3, -0.25) is 9.20 Å². The topological polar surface area (TPSA) is 53.4 Å². The minimum Gasteiger partial charge on any atom is -0.361 e. The highest BCUT2D eigenvalue weighted by Crippen LogP contribution is 2.33. The molecule has 0 radical (unpaired) electrons. The van der Waals surface area contributed by atoms with Crippen molar-refractivity contribution in [3.8, 4) is 0 Å². The van der Waals surface area contributed by atoms with E-state index >= 15 is 0 Å². The lowest BCUT2D eigenvalue weighted by atomic mass is 9.89. The zero-order chi connectivity index (χ0) is 20.7. The Hall–Kier alpha value is -2.92. The Morgan fingerprint density at radius 2 is 1.93 bits per heavy atom. The number of nitrogens with zero attached hydrogens (tertiary/aromatic N) is 3. The van der Waals surface area contributed by atoms with E-state index in [1.54, 1.807) is 4.40 Å². The number of H-pyrrole nitrogens is 1. The van der Waals surface area contributed by atoms with Gasteiger partial charge in [0.1, 0.15) is 5.65 Å². The number of fused-ring (bicyclic) bond motifs is 2. The Balaban J connectivity index is 1.26. The second-order valence-electron chi connectivity index (χ2n) is 8.57. The van der Waals surface area contributed by atoms with Crippen LogP contribution in [0.15, 0.2) is 53.6 Å². The van der Waals surface area contributed by atoms with Crippen molar-refractivity contribution >= 4 is 16.6 Å². The van der Waals surface area contributed by atoms with E-state index in [4.69, 9.17) is 0 Å². The molecule has 30 heavy (non-hydrogen) atoms. The summed E-state index contributed by atoms with van der Waals surface area (Å²) >= 11 is 0. The summed E-state index contributed by atoms with van der Waals surface area (Å²) < 4.78 is 1.68. The molecule has 0 amide bonds. The average molecular weight is 401 g/mol. The van der Waals surface area contributed by atoms with Crippen molar-refractivity contribution in [2.45, 2.75) is 39.0 Å². The molecule has 1 aliphatic heterocycles. The summed E-state index contributed by atoms with van der Waals surface area (Å²) in [6.07, 6.45) is 7.11. The maximum atomic E-state index is 13.0. The molecule has 0 aliphatic carbocycles. The minimum atomic E-state index is 0.0752. The molecule has 154 valence electrons. The summed E-state index contributed by atoms with van der Waals surface area (Å²) in [5.74, 6) is 0.607. The monoisotopic (exact) mass is 400 g/mol. The van der Waals surface area contributed by atoms with Crippen LogP contribution in [0.25, 0.3) is 16.6 Å². The van der Waals surface area contributed by atoms with Gasteiger partial charge in [0.15, 0.2) is 0 Å². The van der Waals surface area contributed by atoms with Crippen molar-refractivity contribution in [1.82, 2.24) is 19.3 Å². The van der Waals surface area contributed by atoms with Crippen molar-refractivity contribution in [3.05, 3.63) is 81.5 Å². The number of aromatic amines is 1. The van der Waals surface area contributed by atoms with Crippen molar-refractivity contribution in [2.75, 3.05) is 19.6 Å². The number of benzene rings is 1. The number of hydrogen-bond acceptors (Lipinski definition) is 3. The quantitative estimate of drug-likeness (QED) is 0.558. The second-order valence-corrected chi connectivity index (χ2v) is 8.57. The third-order valence-electron chi connectivity index (χ3n) is 6.61. The van der Waals surface area contributed by atoms with E-state index in [2.05, 4.69) is 45.3 Å². The van der Waals surface area contributed by atoms with E-state index in [-0.39, 0.29) is 5.56 Å². The van der Waals surface area contributed by atoms with Gasteiger partial charge >= 0.3 is 0 Å². The van der Waals surface area contributed by atoms with Crippen LogP contribution in [0.2, 0.25) is 0 Å². The first-order valence-corrected chi connectivity index (χ1v) is 10.9. The normalized spacial score (nSPS) is 15.9. The SMILES string of the molecule is Cc1ccn2c(=O)c(CCN3CCC(c4c[nH]c5ccccc45)CC3)c(C)nc2c1. The molecule has 1 aliphatic rings. The molecule has 1 saturated heterocycles. The Labute approximate surface area is 176 Å². The molecule has 0 spiro atoms. The van der Waals surface area contributed by atoms with E-state index in [0.29, 0.717) is 5.92 Å². The van der Waals surface area contributed by atoms with Crippen LogP contribution in [0, 0.1) is 13.8 Å². The van der Waals surface area contributed by atoms with Gasteiger partial charge in [0.2, 0.25) is 0 Å². The van der Waals surface area contributed by atoms with Gasteiger partial charge in [-0.25, -0.2) is 4.98 Å². The van der Waals surface area contributed by atoms with Gasteiger partial charge in [-0.05, 0) is 81.4 Å². The number of pyridine rings is 1. The molecule has 0 unspecified atom stereocenters. The third-order valence-corrected chi connectivity index (χ3v) is 6.61. The number of aryl methyl sites for hydroxylation is 2. The molecule has 3 aromatic heterocycles. The zero-order valence-electron chi connectivity index (χ0n) is 17.7. The van der Waals surface area contributed by atoms with Crippen LogP contribution < -0.4 is 5.56 Å². The molecule has 4 heterocycles. The van der Waals surface area contributed by atoms with E-state index in [1.165, 1.54) is 16.5 Å². The van der Waals surface area contributed by atoms with Gasteiger partial charge in [-0.1, -0.05) is 18.2 Å². The van der Waals surface area contributed by atoms with Crippen LogP contribution >= 0.6 is 0 Å². The Morgan fingerprint density at radius 3 is 2.77 bits per heavy atom. The van der Waals surface area contributed by atoms with E-state index in [1.807, 2.05) is 32.2 Å². The molecule has 0 bridgehead atoms. The zero-order valence-corrected chi connectivity index (χ0v) is 17.7. The number of hydrogen-bond donors (Lipinski definition) is 1. The van der Waals surface area contributed by atoms with Gasteiger partial charge in [0.25, 0.3) is 5.56 Å². The first-order valence-electron chi connectivity index (χ1n) is 10.9. The molecule has 1 N–H and O–H groups in total. The molecule has 1 aromatic carbocycles. The standard InChI is InChI=1S/C25H28N4O/c1-17-7-14-29-24(15-17)27-18(2)20(25(29)30)10-13-28-11-8-19(9-12-28)22-16-26-23-6-4-3-5-21(22)23/h3-7,14-16,19,26H,8-13H2,1-2H3. The van der Waals surface area contributed by atoms with Crippen LogP contribution in [-0.4, -0.2) is 38.9 Å². The average Bonchev–Trinajstić information content (AvgIpc) is 3.18. The predicted molar refractivity (Wildman–Crippen MR) is 121 cm³/mol. The highest BCUT2D eigenvalue weighted by Gasteiger charge is 2.23. The Kier molecular flexibility index (Phi) is 4.91. The summed E-state index contributed by atoms with van der Waals surface area (Å²) in [5.41, 5.74) is 6.31. The summed E-state index contributed by atoms with van der Waals surface area (Å²) in [5, 5.41) is 1.36. The lowest BCUT2D eigenvalue weighted by molar-refractivity contribution is 0.215. The van der Waals surface area contributed by atoms with Gasteiger partial charge in [0.05, 0.1) is 0 Å². The highest BCUT2D eigenvalue weighted by atomic mass is 16.1. The van der Waals surface area contributed by atoms with Crippen molar-refractivity contribution in [2.24, 2.45) is 0 Å². The number of nitrogens with one attached hydrogen (secondary N) is 1. The number of para-hydroxylation sites is 1. The number of piperidine rings is 1. The molecule has 5 heteroatoms. The van der Waals surface area contributed by atoms with Crippen molar-refractivity contribution in [3.63, 3.8) is 0 Å². The molecule has 4 aromatic rings. The van der Waals surface area contributed by atoms with Gasteiger partial charge < -0.3 is 9.88 Å². The largest absolute Gasteiger partial charge is 0.361 e. The van der Waals surface area contributed by atoms with Crippen molar-refractivity contribution < 1.29 is 0 Å². The summed E-state index contributed by atoms with van der Waals surface area (Å²) in [6.45, 7) is 7.05. The number of likely N-dealkylation sites (tertiary alicyclic amines) is 1. The van der Waals surface area contributed by atoms with Crippen LogP contribution in [0.5, 0.6) is 0 Å². The van der Waals surface area contributed by atoms with Crippen LogP contribution in [0.4, 0.5) is 0 Å². The molecule has 1 fully saturated rings. The predicted octanol–water partition coefficient (Wildman–Crippen LogP) is 4.21. The van der Waals surface area contributed by atoms with Crippen LogP contribution in [0.1, 0.15) is 41.1 Å². The minimum absolute atomic E-state index is 0.0752. The summed E-state index contributed by atoms with van der Waals surface area (Å²) in [7, 11) is 0. The smallest absolute Gasteiger partial charge is 0.261 e. The number of aromatic nitrogens is 3. The second kappa shape index (κ2) is 7.73. The Bertz CT molecular complexity index is 1260. The van der Waals surface area contributed by atoms with Crippen LogP contribution in [-0.2, 0) is 6.42 Å². The maximum absolute atomic E-state index is 13.0. The van der Waals surface area contributed by atoms with Crippen molar-refractivity contribution in [1.29, 1.82) is 0 Å². The Morgan fingerprint density at radius 1 is 1.13 bits per heavy atom. The van der Waals surface area contributed by atoms with Gasteiger partial charge in [-0.2, -0.15) is 0 Å². The lowest BCUT2D eigenvalue weighted by Crippen LogP contribution is -2.35. The first-order chi connectivity index (χ1) is 14.6. The molecule has 0 saturated carbocycles. The maximum Gasteiger partial charge on any atom is 0.261 e. The lowest BCUT2D eigenvalue weighted by Gasteiger charge is -2.32. The fraction of sp³-hybridized carbons (Fsp3) is 0.360. The molecule has 0 atom stereocenters. The molecular weight excluding hydrogens is 372 g/mol. The van der Waals surface area contributed by atoms with Gasteiger partial charge in [-0.15, -0.1) is 0 Å².